The molecule has 0 rings (SSSR count). The molecule has 3 N–H and O–H groups in total. The van der Waals surface area contributed by atoms with Crippen LogP contribution < -0.4 is 5.73 Å². The lowest BCUT2D eigenvalue weighted by molar-refractivity contribution is -0.161. The molecule has 2 unspecified atom stereocenters. The molecule has 0 amide bonds. The van der Waals surface area contributed by atoms with Gasteiger partial charge in [0.05, 0.1) is 13.2 Å². The SMILES string of the molecule is CCCCC/C=C\CCCCCCCC(=O)OCC(COP(=O)(O)OCCN)OC(=O)CCCCCCCCCCCCCCCCCCCCCCC/C=C\C/C=C\CCCCCCC. The molecule has 0 aromatic carbocycles. The maximum atomic E-state index is 12.7. The summed E-state index contributed by atoms with van der Waals surface area (Å²) < 4.78 is 32.9. The Labute approximate surface area is 407 Å². The molecule has 0 aliphatic rings. The lowest BCUT2D eigenvalue weighted by atomic mass is 10.0. The average molecular weight is 952 g/mol. The lowest BCUT2D eigenvalue weighted by Crippen LogP contribution is -2.29. The summed E-state index contributed by atoms with van der Waals surface area (Å²) in [6.07, 6.45) is 62.2. The molecule has 2 atom stereocenters. The highest BCUT2D eigenvalue weighted by Crippen LogP contribution is 2.43. The number of esters is 2. The van der Waals surface area contributed by atoms with Gasteiger partial charge in [-0.25, -0.2) is 4.57 Å². The van der Waals surface area contributed by atoms with Crippen LogP contribution in [-0.4, -0.2) is 49.3 Å². The second-order valence-corrected chi connectivity index (χ2v) is 20.3. The van der Waals surface area contributed by atoms with E-state index in [1.54, 1.807) is 0 Å². The summed E-state index contributed by atoms with van der Waals surface area (Å²) in [6.45, 7) is 3.72. The Morgan fingerprint density at radius 1 is 0.455 bits per heavy atom. The zero-order chi connectivity index (χ0) is 48.1. The van der Waals surface area contributed by atoms with Crippen molar-refractivity contribution in [3.8, 4) is 0 Å². The Morgan fingerprint density at radius 2 is 0.788 bits per heavy atom. The maximum Gasteiger partial charge on any atom is 0.472 e. The van der Waals surface area contributed by atoms with Gasteiger partial charge in [-0.1, -0.05) is 230 Å². The Bertz CT molecular complexity index is 1180. The van der Waals surface area contributed by atoms with Crippen molar-refractivity contribution >= 4 is 19.8 Å². The first-order valence-corrected chi connectivity index (χ1v) is 29.5. The number of ether oxygens (including phenoxy) is 2. The smallest absolute Gasteiger partial charge is 0.462 e. The van der Waals surface area contributed by atoms with Gasteiger partial charge in [-0.15, -0.1) is 0 Å². The second-order valence-electron chi connectivity index (χ2n) is 18.8. The molecule has 0 spiro atoms. The molecule has 0 bridgehead atoms. The Kier molecular flexibility index (Phi) is 51.2. The predicted molar refractivity (Wildman–Crippen MR) is 280 cm³/mol. The number of nitrogens with two attached hydrogens (primary N) is 1. The van der Waals surface area contributed by atoms with Gasteiger partial charge >= 0.3 is 19.8 Å². The molecule has 0 aromatic heterocycles. The zero-order valence-corrected chi connectivity index (χ0v) is 44.1. The number of phosphoric acid groups is 1. The monoisotopic (exact) mass is 952 g/mol. The number of rotatable bonds is 53. The van der Waals surface area contributed by atoms with E-state index < -0.39 is 26.5 Å². The summed E-state index contributed by atoms with van der Waals surface area (Å²) in [5, 5.41) is 0. The van der Waals surface area contributed by atoms with Gasteiger partial charge in [0.2, 0.25) is 0 Å². The molecule has 0 saturated carbocycles. The highest BCUT2D eigenvalue weighted by Gasteiger charge is 2.26. The van der Waals surface area contributed by atoms with E-state index in [1.165, 1.54) is 186 Å². The van der Waals surface area contributed by atoms with E-state index in [4.69, 9.17) is 24.3 Å². The van der Waals surface area contributed by atoms with Crippen molar-refractivity contribution in [2.45, 2.75) is 283 Å². The van der Waals surface area contributed by atoms with Crippen molar-refractivity contribution in [3.05, 3.63) is 36.5 Å². The summed E-state index contributed by atoms with van der Waals surface area (Å²) in [5.41, 5.74) is 5.37. The average Bonchev–Trinajstić information content (AvgIpc) is 3.31. The topological polar surface area (TPSA) is 134 Å². The van der Waals surface area contributed by atoms with Gasteiger partial charge < -0.3 is 20.1 Å². The summed E-state index contributed by atoms with van der Waals surface area (Å²) in [6, 6.07) is 0. The van der Waals surface area contributed by atoms with Crippen LogP contribution in [0.1, 0.15) is 277 Å². The standard InChI is InChI=1S/C56H106NO8P/c1-3-5-7-9-11-13-15-17-18-19-20-21-22-23-24-25-26-27-28-29-30-31-32-33-34-35-36-37-39-41-43-45-47-49-56(59)65-54(53-64-66(60,61)63-51-50-57)52-62-55(58)48-46-44-42-40-38-16-14-12-10-8-6-4-2/h12,14-15,17,19-20,54H,3-11,13,16,18,21-53,57H2,1-2H3,(H,60,61)/b14-12-,17-15-,20-19-. The number of unbranched alkanes of at least 4 members (excludes halogenated alkanes) is 34. The third-order valence-corrected chi connectivity index (χ3v) is 13.2. The Hall–Kier alpha value is -1.77. The molecule has 0 heterocycles. The van der Waals surface area contributed by atoms with E-state index in [9.17, 15) is 19.0 Å². The van der Waals surface area contributed by atoms with Gasteiger partial charge in [0, 0.05) is 19.4 Å². The first kappa shape index (κ1) is 64.2. The van der Waals surface area contributed by atoms with E-state index in [-0.39, 0.29) is 38.6 Å². The Balaban J connectivity index is 3.82. The summed E-state index contributed by atoms with van der Waals surface area (Å²) in [4.78, 5) is 35.0. The van der Waals surface area contributed by atoms with Gasteiger partial charge in [-0.2, -0.15) is 0 Å². The zero-order valence-electron chi connectivity index (χ0n) is 43.2. The van der Waals surface area contributed by atoms with Crippen molar-refractivity contribution in [3.63, 3.8) is 0 Å². The maximum absolute atomic E-state index is 12.7. The number of hydrogen-bond acceptors (Lipinski definition) is 8. The van der Waals surface area contributed by atoms with Crippen molar-refractivity contribution in [1.29, 1.82) is 0 Å². The van der Waals surface area contributed by atoms with Gasteiger partial charge in [0.15, 0.2) is 6.10 Å². The molecule has 0 radical (unpaired) electrons. The normalized spacial score (nSPS) is 13.3. The summed E-state index contributed by atoms with van der Waals surface area (Å²) in [7, 11) is -4.38. The number of allylic oxidation sites excluding steroid dienone is 6. The number of phosphoric ester groups is 1. The lowest BCUT2D eigenvalue weighted by Gasteiger charge is -2.19. The quantitative estimate of drug-likeness (QED) is 0.0264. The van der Waals surface area contributed by atoms with Gasteiger partial charge in [-0.05, 0) is 70.6 Å². The van der Waals surface area contributed by atoms with Crippen LogP contribution in [0.25, 0.3) is 0 Å². The predicted octanol–water partition coefficient (Wildman–Crippen LogP) is 17.2. The van der Waals surface area contributed by atoms with Crippen molar-refractivity contribution in [2.75, 3.05) is 26.4 Å². The summed E-state index contributed by atoms with van der Waals surface area (Å²) >= 11 is 0. The summed E-state index contributed by atoms with van der Waals surface area (Å²) in [5.74, 6) is -0.828. The minimum atomic E-state index is -4.38. The molecule has 388 valence electrons. The minimum Gasteiger partial charge on any atom is -0.462 e. The van der Waals surface area contributed by atoms with Gasteiger partial charge in [0.25, 0.3) is 0 Å². The van der Waals surface area contributed by atoms with Crippen molar-refractivity contribution < 1.29 is 37.6 Å². The fourth-order valence-corrected chi connectivity index (χ4v) is 8.84. The molecule has 9 nitrogen and oxygen atoms in total. The fraction of sp³-hybridized carbons (Fsp3) is 0.857. The first-order chi connectivity index (χ1) is 32.3. The van der Waals surface area contributed by atoms with Crippen molar-refractivity contribution in [1.82, 2.24) is 0 Å². The van der Waals surface area contributed by atoms with Gasteiger partial charge in [-0.3, -0.25) is 18.6 Å². The third-order valence-electron chi connectivity index (χ3n) is 12.2. The molecule has 66 heavy (non-hydrogen) atoms. The van der Waals surface area contributed by atoms with Crippen LogP contribution in [0.5, 0.6) is 0 Å². The first-order valence-electron chi connectivity index (χ1n) is 28.0. The molecular formula is C56H106NO8P. The Morgan fingerprint density at radius 3 is 1.20 bits per heavy atom. The molecule has 0 saturated heterocycles. The molecule has 10 heteroatoms. The third kappa shape index (κ3) is 51.6. The second kappa shape index (κ2) is 52.6. The largest absolute Gasteiger partial charge is 0.472 e. The van der Waals surface area contributed by atoms with E-state index in [1.807, 2.05) is 0 Å². The fourth-order valence-electron chi connectivity index (χ4n) is 8.07. The van der Waals surface area contributed by atoms with Crippen LogP contribution in [0.2, 0.25) is 0 Å². The van der Waals surface area contributed by atoms with Gasteiger partial charge in [0.1, 0.15) is 6.61 Å². The molecule has 0 fully saturated rings. The van der Waals surface area contributed by atoms with E-state index >= 15 is 0 Å². The van der Waals surface area contributed by atoms with Crippen LogP contribution in [0, 0.1) is 0 Å². The van der Waals surface area contributed by atoms with Crippen molar-refractivity contribution in [2.24, 2.45) is 5.73 Å². The minimum absolute atomic E-state index is 0.0538. The highest BCUT2D eigenvalue weighted by atomic mass is 31.2. The molecule has 0 aliphatic carbocycles. The molecule has 0 aliphatic heterocycles. The number of carbonyl (C=O) groups is 2. The van der Waals surface area contributed by atoms with Crippen LogP contribution in [0.3, 0.4) is 0 Å². The number of hydrogen-bond donors (Lipinski definition) is 2. The van der Waals surface area contributed by atoms with E-state index in [0.29, 0.717) is 6.42 Å². The highest BCUT2D eigenvalue weighted by molar-refractivity contribution is 7.47. The molecule has 0 aromatic rings. The van der Waals surface area contributed by atoms with E-state index in [0.717, 1.165) is 57.8 Å². The van der Waals surface area contributed by atoms with Crippen LogP contribution >= 0.6 is 7.82 Å². The van der Waals surface area contributed by atoms with Crippen LogP contribution in [0.15, 0.2) is 36.5 Å². The van der Waals surface area contributed by atoms with Crippen LogP contribution in [-0.2, 0) is 32.7 Å². The van der Waals surface area contributed by atoms with E-state index in [2.05, 4.69) is 50.3 Å². The van der Waals surface area contributed by atoms with Crippen LogP contribution in [0.4, 0.5) is 0 Å². The number of carbonyl (C=O) groups excluding carboxylic acids is 2. The molecular weight excluding hydrogens is 846 g/mol.